The molecule has 3 nitrogen and oxygen atoms in total. The van der Waals surface area contributed by atoms with Gasteiger partial charge in [0.2, 0.25) is 0 Å². The molecule has 0 saturated heterocycles. The highest BCUT2D eigenvalue weighted by Gasteiger charge is 2.07. The zero-order chi connectivity index (χ0) is 10.9. The first-order chi connectivity index (χ1) is 7.36. The van der Waals surface area contributed by atoms with Crippen LogP contribution in [0.4, 0.5) is 0 Å². The lowest BCUT2D eigenvalue weighted by atomic mass is 10.1. The Labute approximate surface area is 91.1 Å². The van der Waals surface area contributed by atoms with E-state index in [1.165, 1.54) is 5.56 Å². The molecule has 1 atom stereocenters. The van der Waals surface area contributed by atoms with Gasteiger partial charge in [-0.1, -0.05) is 30.3 Å². The molecular formula is C12H19NO2. The van der Waals surface area contributed by atoms with E-state index < -0.39 is 0 Å². The maximum atomic E-state index is 8.75. The number of benzene rings is 1. The van der Waals surface area contributed by atoms with Crippen molar-refractivity contribution in [3.63, 3.8) is 0 Å². The maximum absolute atomic E-state index is 8.75. The van der Waals surface area contributed by atoms with Gasteiger partial charge >= 0.3 is 0 Å². The summed E-state index contributed by atoms with van der Waals surface area (Å²) in [6.45, 7) is 1.44. The van der Waals surface area contributed by atoms with Crippen LogP contribution >= 0.6 is 0 Å². The molecule has 1 aromatic carbocycles. The fourth-order valence-corrected chi connectivity index (χ4v) is 1.56. The largest absolute Gasteiger partial charge is 0.395 e. The topological polar surface area (TPSA) is 41.5 Å². The number of aliphatic hydroxyl groups is 1. The summed E-state index contributed by atoms with van der Waals surface area (Å²) in [5.41, 5.74) is 1.28. The fourth-order valence-electron chi connectivity index (χ4n) is 1.56. The van der Waals surface area contributed by atoms with Crippen molar-refractivity contribution in [3.8, 4) is 0 Å². The van der Waals surface area contributed by atoms with Crippen molar-refractivity contribution in [2.75, 3.05) is 26.9 Å². The van der Waals surface area contributed by atoms with Crippen molar-refractivity contribution < 1.29 is 9.84 Å². The number of methoxy groups -OCH3 is 1. The number of hydrogen-bond donors (Lipinski definition) is 2. The van der Waals surface area contributed by atoms with Gasteiger partial charge in [0.15, 0.2) is 0 Å². The Bertz CT molecular complexity index is 251. The van der Waals surface area contributed by atoms with E-state index in [1.807, 2.05) is 18.2 Å². The van der Waals surface area contributed by atoms with Crippen LogP contribution in [0.1, 0.15) is 5.56 Å². The Balaban J connectivity index is 2.43. The Hall–Kier alpha value is -0.900. The molecular weight excluding hydrogens is 190 g/mol. The van der Waals surface area contributed by atoms with Gasteiger partial charge in [0, 0.05) is 19.7 Å². The van der Waals surface area contributed by atoms with E-state index in [-0.39, 0.29) is 12.6 Å². The van der Waals surface area contributed by atoms with Crippen molar-refractivity contribution in [1.82, 2.24) is 5.32 Å². The van der Waals surface area contributed by atoms with Gasteiger partial charge in [0.05, 0.1) is 13.2 Å². The minimum atomic E-state index is 0.162. The van der Waals surface area contributed by atoms with Gasteiger partial charge in [-0.15, -0.1) is 0 Å². The molecule has 0 heterocycles. The average Bonchev–Trinajstić information content (AvgIpc) is 2.28. The van der Waals surface area contributed by atoms with Gasteiger partial charge in [-0.2, -0.15) is 0 Å². The summed E-state index contributed by atoms with van der Waals surface area (Å²) in [6, 6.07) is 10.5. The molecule has 15 heavy (non-hydrogen) atoms. The maximum Gasteiger partial charge on any atom is 0.0619 e. The van der Waals surface area contributed by atoms with E-state index in [0.717, 1.165) is 6.42 Å². The average molecular weight is 209 g/mol. The van der Waals surface area contributed by atoms with Crippen LogP contribution in [-0.4, -0.2) is 38.0 Å². The van der Waals surface area contributed by atoms with Crippen molar-refractivity contribution >= 4 is 0 Å². The highest BCUT2D eigenvalue weighted by Crippen LogP contribution is 2.03. The number of nitrogens with one attached hydrogen (secondary N) is 1. The Kier molecular flexibility index (Phi) is 6.00. The molecule has 0 aliphatic carbocycles. The third-order valence-electron chi connectivity index (χ3n) is 2.24. The summed E-state index contributed by atoms with van der Waals surface area (Å²) in [6.07, 6.45) is 0.925. The molecule has 1 unspecified atom stereocenters. The summed E-state index contributed by atoms with van der Waals surface area (Å²) in [5.74, 6) is 0. The molecule has 2 N–H and O–H groups in total. The third kappa shape index (κ3) is 4.93. The highest BCUT2D eigenvalue weighted by atomic mass is 16.5. The van der Waals surface area contributed by atoms with Crippen LogP contribution in [0.5, 0.6) is 0 Å². The van der Waals surface area contributed by atoms with Crippen molar-refractivity contribution in [2.45, 2.75) is 12.5 Å². The zero-order valence-corrected chi connectivity index (χ0v) is 9.15. The van der Waals surface area contributed by atoms with Gasteiger partial charge in [0.1, 0.15) is 0 Å². The smallest absolute Gasteiger partial charge is 0.0619 e. The molecule has 84 valence electrons. The molecule has 0 aliphatic rings. The molecule has 3 heteroatoms. The Morgan fingerprint density at radius 3 is 2.67 bits per heavy atom. The molecule has 0 aromatic heterocycles. The Morgan fingerprint density at radius 2 is 2.07 bits per heavy atom. The number of ether oxygens (including phenoxy) is 1. The Morgan fingerprint density at radius 1 is 1.33 bits per heavy atom. The molecule has 0 radical (unpaired) electrons. The summed E-state index contributed by atoms with van der Waals surface area (Å²) in [4.78, 5) is 0. The van der Waals surface area contributed by atoms with Crippen LogP contribution in [0.15, 0.2) is 30.3 Å². The first kappa shape index (κ1) is 12.2. The van der Waals surface area contributed by atoms with Gasteiger partial charge in [-0.3, -0.25) is 0 Å². The van der Waals surface area contributed by atoms with E-state index in [9.17, 15) is 0 Å². The van der Waals surface area contributed by atoms with Gasteiger partial charge in [-0.25, -0.2) is 0 Å². The predicted molar refractivity (Wildman–Crippen MR) is 60.9 cm³/mol. The minimum absolute atomic E-state index is 0.162. The first-order valence-corrected chi connectivity index (χ1v) is 5.24. The van der Waals surface area contributed by atoms with Crippen molar-refractivity contribution in [1.29, 1.82) is 0 Å². The standard InChI is InChI=1S/C12H19NO2/c1-15-10-12(13-7-8-14)9-11-5-3-2-4-6-11/h2-6,12-14H,7-10H2,1H3. The molecule has 0 saturated carbocycles. The lowest BCUT2D eigenvalue weighted by Crippen LogP contribution is -2.36. The quantitative estimate of drug-likeness (QED) is 0.699. The normalized spacial score (nSPS) is 12.7. The summed E-state index contributed by atoms with van der Waals surface area (Å²) in [7, 11) is 1.69. The van der Waals surface area contributed by atoms with Gasteiger partial charge in [0.25, 0.3) is 0 Å². The first-order valence-electron chi connectivity index (χ1n) is 5.24. The molecule has 0 fully saturated rings. The molecule has 0 amide bonds. The highest BCUT2D eigenvalue weighted by molar-refractivity contribution is 5.15. The molecule has 0 aliphatic heterocycles. The van der Waals surface area contributed by atoms with E-state index in [2.05, 4.69) is 17.4 Å². The molecule has 1 aromatic rings. The number of hydrogen-bond acceptors (Lipinski definition) is 3. The second-order valence-electron chi connectivity index (χ2n) is 3.52. The summed E-state index contributed by atoms with van der Waals surface area (Å²) >= 11 is 0. The van der Waals surface area contributed by atoms with Gasteiger partial charge < -0.3 is 15.2 Å². The second kappa shape index (κ2) is 7.40. The zero-order valence-electron chi connectivity index (χ0n) is 9.15. The van der Waals surface area contributed by atoms with Crippen LogP contribution < -0.4 is 5.32 Å². The SMILES string of the molecule is COCC(Cc1ccccc1)NCCO. The second-order valence-corrected chi connectivity index (χ2v) is 3.52. The predicted octanol–water partition coefficient (Wildman–Crippen LogP) is 0.826. The van der Waals surface area contributed by atoms with E-state index in [0.29, 0.717) is 13.2 Å². The van der Waals surface area contributed by atoms with Crippen LogP contribution in [0.25, 0.3) is 0 Å². The molecule has 0 spiro atoms. The van der Waals surface area contributed by atoms with E-state index in [4.69, 9.17) is 9.84 Å². The number of rotatable bonds is 7. The van der Waals surface area contributed by atoms with Crippen LogP contribution in [0, 0.1) is 0 Å². The summed E-state index contributed by atoms with van der Waals surface area (Å²) < 4.78 is 5.13. The van der Waals surface area contributed by atoms with Gasteiger partial charge in [-0.05, 0) is 12.0 Å². The van der Waals surface area contributed by atoms with Crippen LogP contribution in [-0.2, 0) is 11.2 Å². The lowest BCUT2D eigenvalue weighted by Gasteiger charge is -2.17. The third-order valence-corrected chi connectivity index (χ3v) is 2.24. The van der Waals surface area contributed by atoms with Crippen LogP contribution in [0.2, 0.25) is 0 Å². The van der Waals surface area contributed by atoms with Crippen molar-refractivity contribution in [3.05, 3.63) is 35.9 Å². The fraction of sp³-hybridized carbons (Fsp3) is 0.500. The molecule has 0 bridgehead atoms. The lowest BCUT2D eigenvalue weighted by molar-refractivity contribution is 0.161. The van der Waals surface area contributed by atoms with Crippen molar-refractivity contribution in [2.24, 2.45) is 0 Å². The number of aliphatic hydroxyl groups excluding tert-OH is 1. The van der Waals surface area contributed by atoms with E-state index in [1.54, 1.807) is 7.11 Å². The van der Waals surface area contributed by atoms with Crippen LogP contribution in [0.3, 0.4) is 0 Å². The monoisotopic (exact) mass is 209 g/mol. The molecule has 1 rings (SSSR count). The minimum Gasteiger partial charge on any atom is -0.395 e. The van der Waals surface area contributed by atoms with E-state index >= 15 is 0 Å². The summed E-state index contributed by atoms with van der Waals surface area (Å²) in [5, 5.41) is 12.0.